The molecular weight excluding hydrogens is 294 g/mol. The third kappa shape index (κ3) is 2.96. The summed E-state index contributed by atoms with van der Waals surface area (Å²) in [6.07, 6.45) is 0. The number of benzene rings is 1. The first kappa shape index (κ1) is 13.5. The van der Waals surface area contributed by atoms with Crippen LogP contribution in [0.3, 0.4) is 0 Å². The summed E-state index contributed by atoms with van der Waals surface area (Å²) >= 11 is 3.26. The Morgan fingerprint density at radius 2 is 1.75 bits per heavy atom. The van der Waals surface area contributed by atoms with Gasteiger partial charge in [0.2, 0.25) is 0 Å². The number of para-hydroxylation sites is 1. The van der Waals surface area contributed by atoms with Crippen molar-refractivity contribution in [1.29, 1.82) is 0 Å². The highest BCUT2D eigenvalue weighted by atomic mass is 79.9. The highest BCUT2D eigenvalue weighted by Gasteiger charge is 2.32. The summed E-state index contributed by atoms with van der Waals surface area (Å²) in [5, 5.41) is 0. The summed E-state index contributed by atoms with van der Waals surface area (Å²) in [6, 6.07) is 6.84. The standard InChI is InChI=1S/C10H14BrNO3S/c1-10(2,3)12(16(13,14)15)9-7-5-4-6-8(9)11/h4-7H,1-3H3,(H,13,14,15). The minimum atomic E-state index is -4.29. The second-order valence-corrected chi connectivity index (χ2v) is 6.48. The van der Waals surface area contributed by atoms with Crippen LogP contribution in [-0.4, -0.2) is 18.5 Å². The average molecular weight is 308 g/mol. The van der Waals surface area contributed by atoms with E-state index in [9.17, 15) is 13.0 Å². The zero-order valence-corrected chi connectivity index (χ0v) is 11.7. The number of nitrogens with zero attached hydrogens (tertiary/aromatic N) is 1. The zero-order valence-electron chi connectivity index (χ0n) is 9.31. The lowest BCUT2D eigenvalue weighted by Gasteiger charge is -2.34. The van der Waals surface area contributed by atoms with Gasteiger partial charge < -0.3 is 0 Å². The van der Waals surface area contributed by atoms with E-state index in [-0.39, 0.29) is 0 Å². The summed E-state index contributed by atoms with van der Waals surface area (Å²) in [5.74, 6) is 0. The first-order valence-corrected chi connectivity index (χ1v) is 6.85. The molecule has 0 aliphatic rings. The van der Waals surface area contributed by atoms with Crippen LogP contribution >= 0.6 is 15.9 Å². The van der Waals surface area contributed by atoms with Gasteiger partial charge in [-0.05, 0) is 48.8 Å². The van der Waals surface area contributed by atoms with E-state index in [1.807, 2.05) is 0 Å². The van der Waals surface area contributed by atoms with Gasteiger partial charge in [0.25, 0.3) is 0 Å². The molecule has 16 heavy (non-hydrogen) atoms. The maximum Gasteiger partial charge on any atom is 0.360 e. The van der Waals surface area contributed by atoms with Gasteiger partial charge in [-0.25, -0.2) is 4.31 Å². The van der Waals surface area contributed by atoms with Crippen LogP contribution in [0.15, 0.2) is 28.7 Å². The molecule has 0 fully saturated rings. The van der Waals surface area contributed by atoms with Gasteiger partial charge in [-0.15, -0.1) is 0 Å². The van der Waals surface area contributed by atoms with Crippen LogP contribution in [0.2, 0.25) is 0 Å². The molecule has 0 aromatic heterocycles. The normalized spacial score (nSPS) is 12.6. The van der Waals surface area contributed by atoms with Gasteiger partial charge in [0.1, 0.15) is 0 Å². The first-order valence-electron chi connectivity index (χ1n) is 4.66. The van der Waals surface area contributed by atoms with Gasteiger partial charge in [-0.1, -0.05) is 12.1 Å². The van der Waals surface area contributed by atoms with E-state index in [0.717, 1.165) is 4.31 Å². The van der Waals surface area contributed by atoms with Gasteiger partial charge in [0, 0.05) is 10.0 Å². The van der Waals surface area contributed by atoms with Crippen LogP contribution in [0.25, 0.3) is 0 Å². The maximum atomic E-state index is 11.4. The largest absolute Gasteiger partial charge is 0.360 e. The molecule has 90 valence electrons. The number of hydrogen-bond acceptors (Lipinski definition) is 2. The molecule has 0 saturated carbocycles. The molecule has 0 bridgehead atoms. The second-order valence-electron chi connectivity index (χ2n) is 4.36. The van der Waals surface area contributed by atoms with Crippen molar-refractivity contribution in [1.82, 2.24) is 0 Å². The third-order valence-electron chi connectivity index (χ3n) is 1.91. The topological polar surface area (TPSA) is 57.6 Å². The number of hydrogen-bond donors (Lipinski definition) is 1. The molecular formula is C10H14BrNO3S. The number of rotatable bonds is 2. The number of anilines is 1. The van der Waals surface area contributed by atoms with Crippen molar-refractivity contribution in [2.75, 3.05) is 4.31 Å². The summed E-state index contributed by atoms with van der Waals surface area (Å²) in [7, 11) is -4.29. The fourth-order valence-corrected chi connectivity index (χ4v) is 3.13. The van der Waals surface area contributed by atoms with E-state index < -0.39 is 15.8 Å². The minimum absolute atomic E-state index is 0.414. The van der Waals surface area contributed by atoms with Crippen molar-refractivity contribution in [2.45, 2.75) is 26.3 Å². The van der Waals surface area contributed by atoms with Gasteiger partial charge in [0.15, 0.2) is 0 Å². The lowest BCUT2D eigenvalue weighted by atomic mass is 10.1. The van der Waals surface area contributed by atoms with Gasteiger partial charge >= 0.3 is 10.3 Å². The molecule has 0 atom stereocenters. The highest BCUT2D eigenvalue weighted by Crippen LogP contribution is 2.32. The Morgan fingerprint density at radius 1 is 1.25 bits per heavy atom. The van der Waals surface area contributed by atoms with Crippen LogP contribution < -0.4 is 4.31 Å². The van der Waals surface area contributed by atoms with Crippen molar-refractivity contribution in [2.24, 2.45) is 0 Å². The molecule has 0 aliphatic carbocycles. The molecule has 0 spiro atoms. The van der Waals surface area contributed by atoms with Crippen molar-refractivity contribution in [3.8, 4) is 0 Å². The van der Waals surface area contributed by atoms with Gasteiger partial charge in [0.05, 0.1) is 5.69 Å². The molecule has 0 saturated heterocycles. The molecule has 0 aliphatic heterocycles. The Hall–Kier alpha value is -0.590. The van der Waals surface area contributed by atoms with Crippen LogP contribution in [0, 0.1) is 0 Å². The molecule has 0 amide bonds. The molecule has 1 N–H and O–H groups in total. The third-order valence-corrected chi connectivity index (χ3v) is 3.79. The van der Waals surface area contributed by atoms with Crippen LogP contribution in [0.1, 0.15) is 20.8 Å². The minimum Gasteiger partial charge on any atom is -0.269 e. The summed E-state index contributed by atoms with van der Waals surface area (Å²) < 4.78 is 33.6. The average Bonchev–Trinajstić information content (AvgIpc) is 2.03. The molecule has 0 unspecified atom stereocenters. The van der Waals surface area contributed by atoms with E-state index in [0.29, 0.717) is 10.2 Å². The van der Waals surface area contributed by atoms with Crippen molar-refractivity contribution in [3.63, 3.8) is 0 Å². The van der Waals surface area contributed by atoms with Crippen molar-refractivity contribution < 1.29 is 13.0 Å². The van der Waals surface area contributed by atoms with Crippen LogP contribution in [0.5, 0.6) is 0 Å². The molecule has 0 heterocycles. The lowest BCUT2D eigenvalue weighted by Crippen LogP contribution is -2.45. The van der Waals surface area contributed by atoms with E-state index in [4.69, 9.17) is 0 Å². The molecule has 1 aromatic carbocycles. The SMILES string of the molecule is CC(C)(C)N(c1ccccc1Br)S(=O)(=O)O. The fraction of sp³-hybridized carbons (Fsp3) is 0.400. The summed E-state index contributed by atoms with van der Waals surface area (Å²) in [5.41, 5.74) is -0.324. The quantitative estimate of drug-likeness (QED) is 0.855. The fourth-order valence-electron chi connectivity index (χ4n) is 1.45. The van der Waals surface area contributed by atoms with E-state index >= 15 is 0 Å². The van der Waals surface area contributed by atoms with Crippen molar-refractivity contribution >= 4 is 31.9 Å². The molecule has 1 rings (SSSR count). The van der Waals surface area contributed by atoms with Gasteiger partial charge in [-0.3, -0.25) is 4.55 Å². The molecule has 6 heteroatoms. The summed E-state index contributed by atoms with van der Waals surface area (Å²) in [4.78, 5) is 0. The Kier molecular flexibility index (Phi) is 3.66. The number of halogens is 1. The Bertz CT molecular complexity index is 479. The molecule has 4 nitrogen and oxygen atoms in total. The van der Waals surface area contributed by atoms with Crippen LogP contribution in [-0.2, 0) is 10.3 Å². The van der Waals surface area contributed by atoms with E-state index in [1.165, 1.54) is 0 Å². The smallest absolute Gasteiger partial charge is 0.269 e. The maximum absolute atomic E-state index is 11.4. The molecule has 0 radical (unpaired) electrons. The monoisotopic (exact) mass is 307 g/mol. The summed E-state index contributed by atoms with van der Waals surface area (Å²) in [6.45, 7) is 5.13. The predicted molar refractivity (Wildman–Crippen MR) is 67.9 cm³/mol. The van der Waals surface area contributed by atoms with Gasteiger partial charge in [-0.2, -0.15) is 8.42 Å². The van der Waals surface area contributed by atoms with Crippen molar-refractivity contribution in [3.05, 3.63) is 28.7 Å². The van der Waals surface area contributed by atoms with E-state index in [2.05, 4.69) is 15.9 Å². The highest BCUT2D eigenvalue weighted by molar-refractivity contribution is 9.10. The van der Waals surface area contributed by atoms with E-state index in [1.54, 1.807) is 45.0 Å². The molecule has 1 aromatic rings. The Labute approximate surface area is 104 Å². The predicted octanol–water partition coefficient (Wildman–Crippen LogP) is 2.86. The first-order chi connectivity index (χ1) is 7.14. The lowest BCUT2D eigenvalue weighted by molar-refractivity contribution is 0.452. The Balaban J connectivity index is 3.41. The Morgan fingerprint density at radius 3 is 2.12 bits per heavy atom. The zero-order chi connectivity index (χ0) is 12.6. The second kappa shape index (κ2) is 4.35. The van der Waals surface area contributed by atoms with Crippen LogP contribution in [0.4, 0.5) is 5.69 Å².